The summed E-state index contributed by atoms with van der Waals surface area (Å²) in [5.41, 5.74) is 5.05. The molecule has 20 heteroatoms. The van der Waals surface area contributed by atoms with Crippen LogP contribution in [-0.4, -0.2) is 143 Å². The number of aliphatic carboxylic acids is 1. The number of amides is 6. The molecule has 2 aromatic carbocycles. The number of carbonyl (C=O) groups is 8. The lowest BCUT2D eigenvalue weighted by molar-refractivity contribution is -0.152. The number of hydrogen-bond donors (Lipinski definition) is 3. The first kappa shape index (κ1) is 60.0. The number of aryl methyl sites for hydroxylation is 2. The highest BCUT2D eigenvalue weighted by Crippen LogP contribution is 2.35. The maximum absolute atomic E-state index is 13.8. The standard InChI is InChI=1S/C30H43N3O7.C29H41N3O7/c1-29(2,3)24-25(34)33-16-21(14-23(33)26(35)38-6)40-28(37)32-15-20-12-9-11-19(22(20)17-32)10-7-8-13-30(4,5)18-39-27(36)31-24;1-28(2,3)23-24(33)32-15-20(13-22(32)25(34)35)39-27(37)31-14-19-11-8-10-18(21(19)16-31)9-6-7-12-29(4,5)17-38-26(36)30-23/h9,11-12,21,23-24H,7-8,10,13-18H2,1-6H3,(H,31,36);8,10-11,20,22-23H,6-7,9,12-17H2,1-5H3,(H,30,36)(H,34,35)/t21?,23-,24+;20?,22-,23+/m00/s1. The van der Waals surface area contributed by atoms with Gasteiger partial charge in [-0.25, -0.2) is 28.8 Å². The van der Waals surface area contributed by atoms with Crippen LogP contribution in [0.4, 0.5) is 19.2 Å². The van der Waals surface area contributed by atoms with E-state index in [0.717, 1.165) is 73.6 Å². The Kier molecular flexibility index (Phi) is 18.6. The topological polar surface area (TPSA) is 240 Å². The number of hydrogen-bond acceptors (Lipinski definition) is 13. The molecule has 6 amide bonds. The van der Waals surface area contributed by atoms with Crippen molar-refractivity contribution in [2.45, 2.75) is 196 Å². The van der Waals surface area contributed by atoms with E-state index in [1.807, 2.05) is 58.9 Å². The molecule has 2 saturated heterocycles. The maximum Gasteiger partial charge on any atom is 0.410 e. The van der Waals surface area contributed by atoms with E-state index >= 15 is 0 Å². The highest BCUT2D eigenvalue weighted by molar-refractivity contribution is 5.92. The molecule has 6 aliphatic heterocycles. The Morgan fingerprint density at radius 2 is 0.987 bits per heavy atom. The van der Waals surface area contributed by atoms with Crippen molar-refractivity contribution in [3.63, 3.8) is 0 Å². The number of benzene rings is 2. The van der Waals surface area contributed by atoms with E-state index in [4.69, 9.17) is 23.7 Å². The summed E-state index contributed by atoms with van der Waals surface area (Å²) >= 11 is 0. The number of ether oxygens (including phenoxy) is 5. The first-order valence-electron chi connectivity index (χ1n) is 27.9. The van der Waals surface area contributed by atoms with Gasteiger partial charge in [-0.1, -0.05) is 118 Å². The lowest BCUT2D eigenvalue weighted by Crippen LogP contribution is -2.57. The summed E-state index contributed by atoms with van der Waals surface area (Å²) in [6.07, 6.45) is 3.58. The normalized spacial score (nSPS) is 26.3. The third kappa shape index (κ3) is 15.0. The van der Waals surface area contributed by atoms with Gasteiger partial charge in [0.1, 0.15) is 36.4 Å². The van der Waals surface area contributed by atoms with Gasteiger partial charge in [0.25, 0.3) is 0 Å². The highest BCUT2D eigenvalue weighted by Gasteiger charge is 2.49. The number of nitrogens with one attached hydrogen (secondary N) is 2. The summed E-state index contributed by atoms with van der Waals surface area (Å²) in [7, 11) is 1.26. The van der Waals surface area contributed by atoms with Gasteiger partial charge < -0.3 is 49.2 Å². The molecular formula is C59H84N6O14. The van der Waals surface area contributed by atoms with Gasteiger partial charge in [0, 0.05) is 39.0 Å². The summed E-state index contributed by atoms with van der Waals surface area (Å²) in [5, 5.41) is 15.3. The highest BCUT2D eigenvalue weighted by atomic mass is 16.6. The van der Waals surface area contributed by atoms with Gasteiger partial charge in [-0.05, 0) is 93.6 Å². The van der Waals surface area contributed by atoms with Gasteiger partial charge in [-0.2, -0.15) is 0 Å². The number of cyclic esters (lactones) is 2. The Morgan fingerprint density at radius 1 is 0.595 bits per heavy atom. The number of esters is 1. The van der Waals surface area contributed by atoms with Crippen LogP contribution in [0.15, 0.2) is 36.4 Å². The monoisotopic (exact) mass is 1100 g/mol. The van der Waals surface area contributed by atoms with Crippen LogP contribution in [0.2, 0.25) is 0 Å². The van der Waals surface area contributed by atoms with Gasteiger partial charge in [0.05, 0.1) is 33.4 Å². The molecule has 6 atom stereocenters. The van der Waals surface area contributed by atoms with E-state index < -0.39 is 95.3 Å². The molecule has 0 saturated carbocycles. The summed E-state index contributed by atoms with van der Waals surface area (Å²) in [4.78, 5) is 110. The van der Waals surface area contributed by atoms with E-state index in [-0.39, 0.29) is 50.0 Å². The molecule has 3 N–H and O–H groups in total. The van der Waals surface area contributed by atoms with Crippen molar-refractivity contribution < 1.29 is 67.1 Å². The number of carboxylic acid groups (broad SMARTS) is 1. The molecule has 6 heterocycles. The molecule has 2 aromatic rings. The Morgan fingerprint density at radius 3 is 1.38 bits per heavy atom. The van der Waals surface area contributed by atoms with Crippen molar-refractivity contribution >= 4 is 48.1 Å². The predicted octanol–water partition coefficient (Wildman–Crippen LogP) is 8.26. The van der Waals surface area contributed by atoms with Crippen LogP contribution in [0.3, 0.4) is 0 Å². The van der Waals surface area contributed by atoms with Gasteiger partial charge in [-0.15, -0.1) is 0 Å². The molecule has 20 nitrogen and oxygen atoms in total. The lowest BCUT2D eigenvalue weighted by atomic mass is 9.85. The summed E-state index contributed by atoms with van der Waals surface area (Å²) < 4.78 is 27.7. The second kappa shape index (κ2) is 24.4. The van der Waals surface area contributed by atoms with E-state index in [9.17, 15) is 43.5 Å². The molecule has 0 radical (unpaired) electrons. The second-order valence-electron chi connectivity index (χ2n) is 26.0. The number of alkyl carbamates (subject to hydrolysis) is 2. The van der Waals surface area contributed by atoms with Crippen LogP contribution in [0.1, 0.15) is 154 Å². The minimum absolute atomic E-state index is 0.0195. The summed E-state index contributed by atoms with van der Waals surface area (Å²) in [6.45, 7) is 21.3. The molecular weight excluding hydrogens is 1020 g/mol. The molecule has 8 rings (SSSR count). The van der Waals surface area contributed by atoms with Gasteiger partial charge in [0.15, 0.2) is 0 Å². The molecule has 2 fully saturated rings. The predicted molar refractivity (Wildman–Crippen MR) is 290 cm³/mol. The van der Waals surface area contributed by atoms with Crippen molar-refractivity contribution in [3.8, 4) is 0 Å². The van der Waals surface area contributed by atoms with Crippen LogP contribution in [0, 0.1) is 21.7 Å². The van der Waals surface area contributed by atoms with Crippen molar-refractivity contribution in [1.29, 1.82) is 0 Å². The molecule has 6 aliphatic rings. The zero-order valence-electron chi connectivity index (χ0n) is 48.2. The van der Waals surface area contributed by atoms with E-state index in [2.05, 4.69) is 36.6 Å². The van der Waals surface area contributed by atoms with Crippen molar-refractivity contribution in [2.24, 2.45) is 21.7 Å². The van der Waals surface area contributed by atoms with Crippen LogP contribution >= 0.6 is 0 Å². The zero-order valence-corrected chi connectivity index (χ0v) is 48.2. The lowest BCUT2D eigenvalue weighted by Gasteiger charge is -2.35. The largest absolute Gasteiger partial charge is 0.480 e. The van der Waals surface area contributed by atoms with Crippen molar-refractivity contribution in [3.05, 3.63) is 69.8 Å². The molecule has 0 aromatic heterocycles. The Labute approximate surface area is 464 Å². The fraction of sp³-hybridized carbons (Fsp3) is 0.661. The molecule has 79 heavy (non-hydrogen) atoms. The fourth-order valence-corrected chi connectivity index (χ4v) is 11.4. The van der Waals surface area contributed by atoms with Crippen molar-refractivity contribution in [1.82, 2.24) is 30.2 Å². The van der Waals surface area contributed by atoms with Gasteiger partial charge in [-0.3, -0.25) is 19.4 Å². The minimum Gasteiger partial charge on any atom is -0.480 e. The Hall–Kier alpha value is -6.60. The third-order valence-electron chi connectivity index (χ3n) is 16.1. The van der Waals surface area contributed by atoms with Crippen LogP contribution in [0.25, 0.3) is 0 Å². The zero-order chi connectivity index (χ0) is 57.8. The Bertz CT molecular complexity index is 2620. The maximum atomic E-state index is 13.8. The average molecular weight is 1100 g/mol. The number of nitrogens with zero attached hydrogens (tertiary/aromatic N) is 4. The fourth-order valence-electron chi connectivity index (χ4n) is 11.4. The number of rotatable bonds is 2. The first-order valence-corrected chi connectivity index (χ1v) is 27.9. The minimum atomic E-state index is -1.18. The molecule has 8 bridgehead atoms. The summed E-state index contributed by atoms with van der Waals surface area (Å²) in [5.74, 6) is -2.78. The van der Waals surface area contributed by atoms with E-state index in [1.165, 1.54) is 28.0 Å². The third-order valence-corrected chi connectivity index (χ3v) is 16.1. The van der Waals surface area contributed by atoms with E-state index in [1.54, 1.807) is 30.6 Å². The van der Waals surface area contributed by atoms with Crippen LogP contribution in [0.5, 0.6) is 0 Å². The second-order valence-corrected chi connectivity index (χ2v) is 26.0. The first-order chi connectivity index (χ1) is 37.0. The number of methoxy groups -OCH3 is 1. The van der Waals surface area contributed by atoms with Crippen LogP contribution < -0.4 is 10.6 Å². The molecule has 434 valence electrons. The Balaban J connectivity index is 0.000000229. The van der Waals surface area contributed by atoms with Gasteiger partial charge >= 0.3 is 36.3 Å². The number of fused-ring (bicyclic) bond motifs is 6. The average Bonchev–Trinajstić information content (AvgIpc) is 4.20. The summed E-state index contributed by atoms with van der Waals surface area (Å²) in [6, 6.07) is 8.22. The quantitative estimate of drug-likeness (QED) is 0.190. The van der Waals surface area contributed by atoms with Crippen LogP contribution in [-0.2, 0) is 81.9 Å². The van der Waals surface area contributed by atoms with Crippen molar-refractivity contribution in [2.75, 3.05) is 33.4 Å². The molecule has 0 aliphatic carbocycles. The number of carbonyl (C=O) groups excluding carboxylic acids is 7. The number of carboxylic acids is 1. The molecule has 0 spiro atoms. The van der Waals surface area contributed by atoms with E-state index in [0.29, 0.717) is 26.2 Å². The SMILES string of the molecule is CC1(C)CCCCc2cccc3c2CN(C3)C(=O)OC2C[C@@H](C(=O)O)N(C2)C(=O)[C@H](C(C)(C)C)NC(=O)OC1.COC(=O)[C@@H]1CC2CN1C(=O)[C@H](C(C)(C)C)NC(=O)OCC(C)(C)CCCCc1cccc3c1CN(C3)C(=O)O2. The molecule has 2 unspecified atom stereocenters. The van der Waals surface area contributed by atoms with Gasteiger partial charge in [0.2, 0.25) is 11.8 Å². The smallest absolute Gasteiger partial charge is 0.410 e.